The van der Waals surface area contributed by atoms with E-state index in [2.05, 4.69) is 20.5 Å². The van der Waals surface area contributed by atoms with Crippen LogP contribution in [0, 0.1) is 6.92 Å². The third-order valence-electron chi connectivity index (χ3n) is 3.71. The van der Waals surface area contributed by atoms with Crippen LogP contribution in [0.5, 0.6) is 0 Å². The molecule has 0 unspecified atom stereocenters. The summed E-state index contributed by atoms with van der Waals surface area (Å²) in [7, 11) is 0. The van der Waals surface area contributed by atoms with E-state index >= 15 is 0 Å². The third kappa shape index (κ3) is 4.32. The van der Waals surface area contributed by atoms with Crippen molar-refractivity contribution in [1.82, 2.24) is 24.5 Å². The summed E-state index contributed by atoms with van der Waals surface area (Å²) < 4.78 is 2.97. The highest BCUT2D eigenvalue weighted by Gasteiger charge is 2.15. The van der Waals surface area contributed by atoms with Crippen molar-refractivity contribution in [3.8, 4) is 0 Å². The molecule has 0 saturated carbocycles. The van der Waals surface area contributed by atoms with Crippen molar-refractivity contribution < 1.29 is 14.7 Å². The van der Waals surface area contributed by atoms with E-state index < -0.39 is 11.9 Å². The molecule has 3 rings (SSSR count). The van der Waals surface area contributed by atoms with E-state index in [-0.39, 0.29) is 24.6 Å². The van der Waals surface area contributed by atoms with Gasteiger partial charge >= 0.3 is 5.97 Å². The Bertz CT molecular complexity index is 913. The molecule has 3 aromatic rings. The van der Waals surface area contributed by atoms with E-state index in [1.165, 1.54) is 28.8 Å². The molecule has 9 heteroatoms. The molecule has 9 nitrogen and oxygen atoms in total. The molecule has 1 amide bonds. The van der Waals surface area contributed by atoms with Crippen molar-refractivity contribution in [2.45, 2.75) is 26.4 Å². The van der Waals surface area contributed by atoms with Crippen molar-refractivity contribution in [3.05, 3.63) is 59.7 Å². The number of anilines is 1. The zero-order chi connectivity index (χ0) is 18.5. The first-order valence-corrected chi connectivity index (χ1v) is 8.01. The summed E-state index contributed by atoms with van der Waals surface area (Å²) in [4.78, 5) is 27.1. The number of nitrogens with one attached hydrogen (secondary N) is 1. The smallest absolute Gasteiger partial charge is 0.305 e. The zero-order valence-electron chi connectivity index (χ0n) is 14.2. The molecular weight excluding hydrogens is 336 g/mol. The summed E-state index contributed by atoms with van der Waals surface area (Å²) >= 11 is 0. The molecule has 2 heterocycles. The van der Waals surface area contributed by atoms with Crippen molar-refractivity contribution in [2.24, 2.45) is 0 Å². The Balaban J connectivity index is 1.64. The Morgan fingerprint density at radius 1 is 1.19 bits per heavy atom. The number of aliphatic carboxylic acids is 1. The third-order valence-corrected chi connectivity index (χ3v) is 3.71. The van der Waals surface area contributed by atoms with Gasteiger partial charge in [0.1, 0.15) is 12.0 Å². The Morgan fingerprint density at radius 2 is 1.96 bits per heavy atom. The number of carboxylic acid groups (broad SMARTS) is 1. The van der Waals surface area contributed by atoms with Gasteiger partial charge in [-0.2, -0.15) is 5.10 Å². The molecule has 0 aliphatic heterocycles. The van der Waals surface area contributed by atoms with E-state index in [4.69, 9.17) is 5.11 Å². The van der Waals surface area contributed by atoms with Gasteiger partial charge in [0, 0.05) is 6.20 Å². The summed E-state index contributed by atoms with van der Waals surface area (Å²) in [5.41, 5.74) is 2.51. The average molecular weight is 354 g/mol. The first kappa shape index (κ1) is 17.3. The maximum atomic E-state index is 12.3. The Kier molecular flexibility index (Phi) is 5.07. The van der Waals surface area contributed by atoms with Crippen LogP contribution in [0.15, 0.2) is 42.9 Å². The average Bonchev–Trinajstić information content (AvgIpc) is 3.24. The lowest BCUT2D eigenvalue weighted by atomic mass is 10.1. The van der Waals surface area contributed by atoms with Crippen LogP contribution in [-0.4, -0.2) is 41.5 Å². The predicted octanol–water partition coefficient (Wildman–Crippen LogP) is 1.56. The second-order valence-electron chi connectivity index (χ2n) is 5.79. The van der Waals surface area contributed by atoms with Crippen LogP contribution < -0.4 is 5.32 Å². The molecule has 0 fully saturated rings. The normalized spacial score (nSPS) is 10.7. The van der Waals surface area contributed by atoms with Gasteiger partial charge in [-0.3, -0.25) is 19.6 Å². The summed E-state index contributed by atoms with van der Waals surface area (Å²) in [6.45, 7) is 2.67. The van der Waals surface area contributed by atoms with E-state index in [9.17, 15) is 9.59 Å². The Hall–Kier alpha value is -3.49. The fraction of sp³-hybridized carbons (Fsp3) is 0.235. The highest BCUT2D eigenvalue weighted by Crippen LogP contribution is 2.08. The lowest BCUT2D eigenvalue weighted by Crippen LogP contribution is -2.19. The number of rotatable bonds is 7. The number of amides is 1. The van der Waals surface area contributed by atoms with E-state index in [1.54, 1.807) is 4.68 Å². The van der Waals surface area contributed by atoms with Gasteiger partial charge in [0.25, 0.3) is 5.91 Å². The fourth-order valence-corrected chi connectivity index (χ4v) is 2.38. The van der Waals surface area contributed by atoms with Crippen LogP contribution in [0.2, 0.25) is 0 Å². The van der Waals surface area contributed by atoms with Crippen LogP contribution in [0.4, 0.5) is 5.95 Å². The topological polar surface area (TPSA) is 115 Å². The van der Waals surface area contributed by atoms with Gasteiger partial charge in [0.15, 0.2) is 0 Å². The van der Waals surface area contributed by atoms with Gasteiger partial charge in [-0.1, -0.05) is 29.8 Å². The summed E-state index contributed by atoms with van der Waals surface area (Å²) in [6.07, 6.45) is 2.86. The monoisotopic (exact) mass is 354 g/mol. The predicted molar refractivity (Wildman–Crippen MR) is 92.7 cm³/mol. The van der Waals surface area contributed by atoms with Crippen LogP contribution in [0.3, 0.4) is 0 Å². The number of aryl methyl sites for hydroxylation is 2. The largest absolute Gasteiger partial charge is 0.481 e. The number of benzene rings is 1. The number of aromatic nitrogens is 5. The molecule has 0 saturated heterocycles. The zero-order valence-corrected chi connectivity index (χ0v) is 14.2. The molecule has 0 radical (unpaired) electrons. The first-order valence-electron chi connectivity index (χ1n) is 8.01. The molecule has 0 aliphatic carbocycles. The van der Waals surface area contributed by atoms with E-state index in [1.807, 2.05) is 31.2 Å². The molecule has 134 valence electrons. The van der Waals surface area contributed by atoms with Gasteiger partial charge < -0.3 is 5.11 Å². The van der Waals surface area contributed by atoms with Gasteiger partial charge in [-0.05, 0) is 18.6 Å². The van der Waals surface area contributed by atoms with Gasteiger partial charge in [0.2, 0.25) is 5.95 Å². The second-order valence-corrected chi connectivity index (χ2v) is 5.79. The maximum absolute atomic E-state index is 12.3. The fourth-order valence-electron chi connectivity index (χ4n) is 2.38. The second kappa shape index (κ2) is 7.60. The number of carbonyl (C=O) groups is 2. The Morgan fingerprint density at radius 3 is 2.69 bits per heavy atom. The van der Waals surface area contributed by atoms with Gasteiger partial charge in [0.05, 0.1) is 19.5 Å². The number of carboxylic acids is 1. The first-order chi connectivity index (χ1) is 12.5. The highest BCUT2D eigenvalue weighted by atomic mass is 16.4. The number of nitrogens with zero attached hydrogens (tertiary/aromatic N) is 5. The summed E-state index contributed by atoms with van der Waals surface area (Å²) in [6, 6.07) is 9.58. The molecule has 1 aromatic carbocycles. The highest BCUT2D eigenvalue weighted by molar-refractivity contribution is 6.01. The van der Waals surface area contributed by atoms with Gasteiger partial charge in [-0.25, -0.2) is 9.67 Å². The SMILES string of the molecule is Cc1ccc(Cn2cnc(NC(=O)c3ccnn3CCC(=O)O)n2)cc1. The quantitative estimate of drug-likeness (QED) is 0.665. The minimum Gasteiger partial charge on any atom is -0.481 e. The van der Waals surface area contributed by atoms with Crippen molar-refractivity contribution in [2.75, 3.05) is 5.32 Å². The summed E-state index contributed by atoms with van der Waals surface area (Å²) in [5.74, 6) is -1.22. The van der Waals surface area contributed by atoms with Crippen molar-refractivity contribution in [3.63, 3.8) is 0 Å². The molecule has 0 spiro atoms. The summed E-state index contributed by atoms with van der Waals surface area (Å²) in [5, 5.41) is 19.5. The minimum atomic E-state index is -0.955. The van der Waals surface area contributed by atoms with E-state index in [0.717, 1.165) is 5.56 Å². The Labute approximate surface area is 149 Å². The minimum absolute atomic E-state index is 0.111. The number of carbonyl (C=O) groups excluding carboxylic acids is 1. The molecular formula is C17H18N6O3. The van der Waals surface area contributed by atoms with E-state index in [0.29, 0.717) is 6.54 Å². The molecule has 2 N–H and O–H groups in total. The van der Waals surface area contributed by atoms with Crippen LogP contribution >= 0.6 is 0 Å². The molecule has 2 aromatic heterocycles. The van der Waals surface area contributed by atoms with Gasteiger partial charge in [-0.15, -0.1) is 5.10 Å². The lowest BCUT2D eigenvalue weighted by Gasteiger charge is -2.05. The maximum Gasteiger partial charge on any atom is 0.305 e. The molecule has 0 atom stereocenters. The van der Waals surface area contributed by atoms with Crippen molar-refractivity contribution >= 4 is 17.8 Å². The lowest BCUT2D eigenvalue weighted by molar-refractivity contribution is -0.137. The molecule has 26 heavy (non-hydrogen) atoms. The van der Waals surface area contributed by atoms with Crippen LogP contribution in [0.25, 0.3) is 0 Å². The number of hydrogen-bond acceptors (Lipinski definition) is 5. The standard InChI is InChI=1S/C17H18N6O3/c1-12-2-4-13(5-3-12)10-22-11-18-17(21-22)20-16(26)14-6-8-19-23(14)9-7-15(24)25/h2-6,8,11H,7,9-10H2,1H3,(H,24,25)(H,20,21,26). The molecule has 0 aliphatic rings. The molecule has 0 bridgehead atoms. The van der Waals surface area contributed by atoms with Crippen molar-refractivity contribution in [1.29, 1.82) is 0 Å². The van der Waals surface area contributed by atoms with Crippen LogP contribution in [0.1, 0.15) is 28.0 Å². The number of hydrogen-bond donors (Lipinski definition) is 2. The van der Waals surface area contributed by atoms with Crippen LogP contribution in [-0.2, 0) is 17.9 Å².